The van der Waals surface area contributed by atoms with Crippen LogP contribution in [0.3, 0.4) is 0 Å². The minimum atomic E-state index is -0.602. The van der Waals surface area contributed by atoms with Crippen LogP contribution in [-0.4, -0.2) is 33.4 Å². The summed E-state index contributed by atoms with van der Waals surface area (Å²) >= 11 is 0. The smallest absolute Gasteiger partial charge is 0.413 e. The number of nitrogens with one attached hydrogen (secondary N) is 3. The molecular weight excluding hydrogens is 334 g/mol. The van der Waals surface area contributed by atoms with Crippen molar-refractivity contribution in [3.63, 3.8) is 0 Å². The first kappa shape index (κ1) is 15.8. The van der Waals surface area contributed by atoms with Crippen LogP contribution in [0.4, 0.5) is 10.7 Å². The number of carbonyl (C=O) groups excluding carboxylic acids is 1. The van der Waals surface area contributed by atoms with Gasteiger partial charge < -0.3 is 9.72 Å². The minimum absolute atomic E-state index is 0.228. The lowest BCUT2D eigenvalue weighted by Gasteiger charge is -2.06. The largest absolute Gasteiger partial charge is 0.453 e. The molecule has 0 saturated carbocycles. The summed E-state index contributed by atoms with van der Waals surface area (Å²) in [7, 11) is 1.29. The topological polar surface area (TPSA) is 113 Å². The summed E-state index contributed by atoms with van der Waals surface area (Å²) in [4.78, 5) is 30.8. The molecular formula is C18H15N5O3. The molecule has 0 aliphatic heterocycles. The predicted molar refractivity (Wildman–Crippen MR) is 98.2 cm³/mol. The number of amides is 1. The zero-order chi connectivity index (χ0) is 18.3. The van der Waals surface area contributed by atoms with Gasteiger partial charge in [-0.2, -0.15) is 5.10 Å². The molecule has 0 saturated heterocycles. The standard InChI is InChI=1S/C18H15N5O3/c1-9-7-10(8-13-14(9)20-17(19-13)21-18(25)26-2)15-11-5-3-4-6-12(11)16(24)23-22-15/h3-8H,1-2H3,(H,23,24)(H2,19,20,21,25). The first-order valence-corrected chi connectivity index (χ1v) is 7.90. The van der Waals surface area contributed by atoms with E-state index >= 15 is 0 Å². The molecule has 26 heavy (non-hydrogen) atoms. The average molecular weight is 349 g/mol. The van der Waals surface area contributed by atoms with Gasteiger partial charge in [-0.1, -0.05) is 18.2 Å². The van der Waals surface area contributed by atoms with Gasteiger partial charge in [0, 0.05) is 10.9 Å². The van der Waals surface area contributed by atoms with Gasteiger partial charge in [-0.3, -0.25) is 10.1 Å². The molecule has 8 heteroatoms. The van der Waals surface area contributed by atoms with E-state index < -0.39 is 6.09 Å². The van der Waals surface area contributed by atoms with Crippen molar-refractivity contribution in [1.29, 1.82) is 0 Å². The van der Waals surface area contributed by atoms with E-state index in [1.54, 1.807) is 6.07 Å². The Kier molecular flexibility index (Phi) is 3.65. The van der Waals surface area contributed by atoms with Gasteiger partial charge in [-0.25, -0.2) is 14.9 Å². The number of anilines is 1. The summed E-state index contributed by atoms with van der Waals surface area (Å²) in [5, 5.41) is 10.6. The number of benzene rings is 2. The van der Waals surface area contributed by atoms with Crippen molar-refractivity contribution in [2.24, 2.45) is 0 Å². The van der Waals surface area contributed by atoms with E-state index in [-0.39, 0.29) is 5.56 Å². The molecule has 8 nitrogen and oxygen atoms in total. The van der Waals surface area contributed by atoms with Crippen molar-refractivity contribution in [1.82, 2.24) is 20.2 Å². The maximum Gasteiger partial charge on any atom is 0.413 e. The van der Waals surface area contributed by atoms with Crippen LogP contribution >= 0.6 is 0 Å². The molecule has 4 aromatic rings. The van der Waals surface area contributed by atoms with Crippen molar-refractivity contribution in [2.75, 3.05) is 12.4 Å². The number of ether oxygens (including phenoxy) is 1. The Bertz CT molecular complexity index is 1210. The molecule has 0 aliphatic rings. The molecule has 3 N–H and O–H groups in total. The van der Waals surface area contributed by atoms with Gasteiger partial charge in [0.2, 0.25) is 5.95 Å². The molecule has 2 heterocycles. The van der Waals surface area contributed by atoms with Gasteiger partial charge in [0.05, 0.1) is 29.2 Å². The first-order chi connectivity index (χ1) is 12.6. The molecule has 130 valence electrons. The Balaban J connectivity index is 1.89. The molecule has 0 fully saturated rings. The van der Waals surface area contributed by atoms with Gasteiger partial charge in [0.15, 0.2) is 0 Å². The van der Waals surface area contributed by atoms with E-state index in [1.807, 2.05) is 37.3 Å². The van der Waals surface area contributed by atoms with Crippen LogP contribution in [0, 0.1) is 6.92 Å². The van der Waals surface area contributed by atoms with Crippen LogP contribution in [0.1, 0.15) is 5.56 Å². The fourth-order valence-corrected chi connectivity index (χ4v) is 2.97. The zero-order valence-electron chi connectivity index (χ0n) is 14.1. The second-order valence-electron chi connectivity index (χ2n) is 5.84. The van der Waals surface area contributed by atoms with E-state index in [1.165, 1.54) is 7.11 Å². The van der Waals surface area contributed by atoms with E-state index in [2.05, 4.69) is 30.2 Å². The van der Waals surface area contributed by atoms with Crippen LogP contribution in [-0.2, 0) is 4.74 Å². The lowest BCUT2D eigenvalue weighted by atomic mass is 10.0. The van der Waals surface area contributed by atoms with Crippen LogP contribution in [0.5, 0.6) is 0 Å². The predicted octanol–water partition coefficient (Wildman–Crippen LogP) is 2.95. The maximum atomic E-state index is 12.0. The lowest BCUT2D eigenvalue weighted by Crippen LogP contribution is -2.11. The SMILES string of the molecule is COC(=O)Nc1nc2c(C)cc(-c3n[nH]c(=O)c4ccccc34)cc2[nH]1. The Morgan fingerprint density at radius 2 is 1.96 bits per heavy atom. The van der Waals surface area contributed by atoms with E-state index in [0.717, 1.165) is 27.5 Å². The van der Waals surface area contributed by atoms with Gasteiger partial charge in [-0.05, 0) is 30.7 Å². The highest BCUT2D eigenvalue weighted by Crippen LogP contribution is 2.29. The van der Waals surface area contributed by atoms with Gasteiger partial charge in [0.25, 0.3) is 5.56 Å². The van der Waals surface area contributed by atoms with Gasteiger partial charge in [-0.15, -0.1) is 0 Å². The molecule has 0 spiro atoms. The fraction of sp³-hybridized carbons (Fsp3) is 0.111. The minimum Gasteiger partial charge on any atom is -0.453 e. The number of H-pyrrole nitrogens is 2. The second kappa shape index (κ2) is 5.99. The van der Waals surface area contributed by atoms with Crippen LogP contribution in [0.2, 0.25) is 0 Å². The summed E-state index contributed by atoms with van der Waals surface area (Å²) in [6, 6.07) is 11.1. The number of hydrogen-bond acceptors (Lipinski definition) is 5. The summed E-state index contributed by atoms with van der Waals surface area (Å²) in [5.74, 6) is 0.298. The molecule has 2 aromatic carbocycles. The molecule has 0 bridgehead atoms. The number of rotatable bonds is 2. The highest BCUT2D eigenvalue weighted by atomic mass is 16.5. The third-order valence-electron chi connectivity index (χ3n) is 4.15. The second-order valence-corrected chi connectivity index (χ2v) is 5.84. The number of nitrogens with zero attached hydrogens (tertiary/aromatic N) is 2. The number of aromatic amines is 2. The highest BCUT2D eigenvalue weighted by Gasteiger charge is 2.13. The Morgan fingerprint density at radius 1 is 1.19 bits per heavy atom. The van der Waals surface area contributed by atoms with Crippen LogP contribution in [0.15, 0.2) is 41.2 Å². The van der Waals surface area contributed by atoms with Crippen molar-refractivity contribution < 1.29 is 9.53 Å². The first-order valence-electron chi connectivity index (χ1n) is 7.90. The molecule has 0 unspecified atom stereocenters. The van der Waals surface area contributed by atoms with Crippen molar-refractivity contribution in [3.8, 4) is 11.3 Å². The van der Waals surface area contributed by atoms with Crippen molar-refractivity contribution in [3.05, 3.63) is 52.3 Å². The van der Waals surface area contributed by atoms with Gasteiger partial charge >= 0.3 is 6.09 Å². The number of carbonyl (C=O) groups is 1. The zero-order valence-corrected chi connectivity index (χ0v) is 14.1. The normalized spacial score (nSPS) is 11.0. The Labute approximate surface area is 147 Å². The molecule has 2 aromatic heterocycles. The van der Waals surface area contributed by atoms with E-state index in [9.17, 15) is 9.59 Å². The fourth-order valence-electron chi connectivity index (χ4n) is 2.97. The highest BCUT2D eigenvalue weighted by molar-refractivity contribution is 5.96. The summed E-state index contributed by atoms with van der Waals surface area (Å²) in [6.45, 7) is 1.92. The number of imidazole rings is 1. The molecule has 4 rings (SSSR count). The number of hydrogen-bond donors (Lipinski definition) is 3. The van der Waals surface area contributed by atoms with Crippen molar-refractivity contribution >= 4 is 33.8 Å². The molecule has 1 amide bonds. The summed E-state index contributed by atoms with van der Waals surface area (Å²) in [6.07, 6.45) is -0.602. The lowest BCUT2D eigenvalue weighted by molar-refractivity contribution is 0.186. The molecule has 0 atom stereocenters. The van der Waals surface area contributed by atoms with E-state index in [0.29, 0.717) is 17.0 Å². The van der Waals surface area contributed by atoms with Crippen LogP contribution in [0.25, 0.3) is 33.1 Å². The molecule has 0 radical (unpaired) electrons. The Hall–Kier alpha value is -3.68. The maximum absolute atomic E-state index is 12.0. The summed E-state index contributed by atoms with van der Waals surface area (Å²) in [5.41, 5.74) is 3.65. The average Bonchev–Trinajstić information content (AvgIpc) is 3.05. The van der Waals surface area contributed by atoms with Crippen LogP contribution < -0.4 is 10.9 Å². The quantitative estimate of drug-likeness (QED) is 0.515. The monoisotopic (exact) mass is 349 g/mol. The number of fused-ring (bicyclic) bond motifs is 2. The number of aryl methyl sites for hydroxylation is 1. The molecule has 0 aliphatic carbocycles. The Morgan fingerprint density at radius 3 is 2.73 bits per heavy atom. The van der Waals surface area contributed by atoms with Crippen molar-refractivity contribution in [2.45, 2.75) is 6.92 Å². The third kappa shape index (κ3) is 2.57. The number of aromatic nitrogens is 4. The van der Waals surface area contributed by atoms with E-state index in [4.69, 9.17) is 0 Å². The number of methoxy groups -OCH3 is 1. The summed E-state index contributed by atoms with van der Waals surface area (Å²) < 4.78 is 4.58. The third-order valence-corrected chi connectivity index (χ3v) is 4.15. The van der Waals surface area contributed by atoms with Gasteiger partial charge in [0.1, 0.15) is 0 Å².